The Morgan fingerprint density at radius 3 is 2.21 bits per heavy atom. The molecular weight excluding hydrogens is 443 g/mol. The van der Waals surface area contributed by atoms with Gasteiger partial charge in [-0.25, -0.2) is 0 Å². The van der Waals surface area contributed by atoms with Gasteiger partial charge in [0.1, 0.15) is 5.75 Å². The molecule has 4 rings (SSSR count). The summed E-state index contributed by atoms with van der Waals surface area (Å²) in [6, 6.07) is 7.82. The number of benzene rings is 2. The van der Waals surface area contributed by atoms with Gasteiger partial charge >= 0.3 is 12.8 Å². The van der Waals surface area contributed by atoms with Crippen molar-refractivity contribution in [1.82, 2.24) is 9.80 Å². The summed E-state index contributed by atoms with van der Waals surface area (Å²) in [6.45, 7) is 3.95. The van der Waals surface area contributed by atoms with E-state index in [1.807, 2.05) is 13.0 Å². The van der Waals surface area contributed by atoms with Crippen molar-refractivity contribution < 1.29 is 31.5 Å². The zero-order valence-corrected chi connectivity index (χ0v) is 18.5. The molecule has 1 amide bonds. The van der Waals surface area contributed by atoms with Crippen LogP contribution < -0.4 is 4.74 Å². The van der Waals surface area contributed by atoms with Gasteiger partial charge in [-0.05, 0) is 74.2 Å². The Bertz CT molecular complexity index is 1040. The Kier molecular flexibility index (Phi) is 6.11. The lowest BCUT2D eigenvalue weighted by Crippen LogP contribution is -2.49. The molecule has 2 heterocycles. The summed E-state index contributed by atoms with van der Waals surface area (Å²) in [5.41, 5.74) is 2.04. The number of rotatable bonds is 5. The second-order valence-electron chi connectivity index (χ2n) is 8.73. The van der Waals surface area contributed by atoms with Crippen molar-refractivity contribution in [2.75, 3.05) is 13.1 Å². The Labute approximate surface area is 188 Å². The van der Waals surface area contributed by atoms with Gasteiger partial charge in [0.05, 0.1) is 5.56 Å². The Hall–Kier alpha value is -2.68. The molecule has 0 saturated carbocycles. The van der Waals surface area contributed by atoms with Crippen LogP contribution in [-0.2, 0) is 6.18 Å². The van der Waals surface area contributed by atoms with Crippen LogP contribution in [0.15, 0.2) is 36.4 Å². The predicted octanol–water partition coefficient (Wildman–Crippen LogP) is 5.58. The van der Waals surface area contributed by atoms with E-state index in [0.29, 0.717) is 18.7 Å². The van der Waals surface area contributed by atoms with Gasteiger partial charge in [0.25, 0.3) is 5.91 Å². The molecule has 2 aliphatic rings. The van der Waals surface area contributed by atoms with Gasteiger partial charge in [0.15, 0.2) is 0 Å². The summed E-state index contributed by atoms with van der Waals surface area (Å²) in [4.78, 5) is 17.0. The first kappa shape index (κ1) is 23.5. The zero-order chi connectivity index (χ0) is 24.1. The van der Waals surface area contributed by atoms with Gasteiger partial charge in [-0.1, -0.05) is 6.07 Å². The number of piperazine rings is 1. The number of carbonyl (C=O) groups is 1. The quantitative estimate of drug-likeness (QED) is 0.537. The standard InChI is InChI=1S/C24H25F5N2O2/c1-13-14(2)21(33-23(25)26)9-8-20(13)15(3)30-11-19-10-18(30)12-31(19)22(32)16-4-6-17(7-5-16)24(27,28)29/h4-9,15,18-19,23H,10-12H2,1-3H3/t15?,18-,19-/m0/s1. The van der Waals surface area contributed by atoms with Crippen LogP contribution >= 0.6 is 0 Å². The fraction of sp³-hybridized carbons (Fsp3) is 0.458. The van der Waals surface area contributed by atoms with Crippen LogP contribution in [0.3, 0.4) is 0 Å². The van der Waals surface area contributed by atoms with Crippen molar-refractivity contribution in [1.29, 1.82) is 0 Å². The Morgan fingerprint density at radius 1 is 1.00 bits per heavy atom. The smallest absolute Gasteiger partial charge is 0.416 e. The van der Waals surface area contributed by atoms with Crippen LogP contribution in [0.4, 0.5) is 22.0 Å². The van der Waals surface area contributed by atoms with E-state index in [1.54, 1.807) is 17.9 Å². The topological polar surface area (TPSA) is 32.8 Å². The van der Waals surface area contributed by atoms with Gasteiger partial charge in [-0.2, -0.15) is 22.0 Å². The van der Waals surface area contributed by atoms with Crippen molar-refractivity contribution in [3.63, 3.8) is 0 Å². The number of fused-ring (bicyclic) bond motifs is 2. The molecule has 9 heteroatoms. The molecule has 1 unspecified atom stereocenters. The van der Waals surface area contributed by atoms with Gasteiger partial charge in [0, 0.05) is 36.8 Å². The van der Waals surface area contributed by atoms with E-state index < -0.39 is 18.4 Å². The normalized spacial score (nSPS) is 21.7. The molecule has 178 valence electrons. The number of hydrogen-bond donors (Lipinski definition) is 0. The molecule has 0 spiro atoms. The monoisotopic (exact) mass is 468 g/mol. The minimum atomic E-state index is -4.44. The fourth-order valence-corrected chi connectivity index (χ4v) is 5.06. The Balaban J connectivity index is 1.45. The zero-order valence-electron chi connectivity index (χ0n) is 18.5. The van der Waals surface area contributed by atoms with Crippen LogP contribution in [0.2, 0.25) is 0 Å². The molecule has 2 fully saturated rings. The van der Waals surface area contributed by atoms with Crippen molar-refractivity contribution >= 4 is 5.91 Å². The molecule has 2 saturated heterocycles. The average Bonchev–Trinajstić information content (AvgIpc) is 3.36. The molecule has 2 aromatic carbocycles. The summed E-state index contributed by atoms with van der Waals surface area (Å²) in [7, 11) is 0. The number of ether oxygens (including phenoxy) is 1. The third-order valence-corrected chi connectivity index (χ3v) is 6.95. The molecular formula is C24H25F5N2O2. The number of nitrogens with zero attached hydrogens (tertiary/aromatic N) is 2. The van der Waals surface area contributed by atoms with E-state index in [4.69, 9.17) is 0 Å². The summed E-state index contributed by atoms with van der Waals surface area (Å²) in [6.07, 6.45) is -3.65. The third-order valence-electron chi connectivity index (χ3n) is 6.95. The molecule has 3 atom stereocenters. The maximum absolute atomic E-state index is 12.9. The van der Waals surface area contributed by atoms with Crippen LogP contribution in [0.1, 0.15) is 52.0 Å². The Morgan fingerprint density at radius 2 is 1.67 bits per heavy atom. The minimum absolute atomic E-state index is 0.0163. The van der Waals surface area contributed by atoms with Gasteiger partial charge in [-0.15, -0.1) is 0 Å². The second kappa shape index (κ2) is 8.59. The van der Waals surface area contributed by atoms with E-state index in [2.05, 4.69) is 16.6 Å². The molecule has 0 radical (unpaired) electrons. The van der Waals surface area contributed by atoms with Crippen molar-refractivity contribution in [3.8, 4) is 5.75 Å². The molecule has 2 bridgehead atoms. The molecule has 2 aromatic rings. The summed E-state index contributed by atoms with van der Waals surface area (Å²) in [5.74, 6) is -0.0984. The first-order valence-electron chi connectivity index (χ1n) is 10.8. The first-order valence-corrected chi connectivity index (χ1v) is 10.8. The number of carbonyl (C=O) groups excluding carboxylic acids is 1. The lowest BCUT2D eigenvalue weighted by atomic mass is 9.96. The van der Waals surface area contributed by atoms with E-state index in [9.17, 15) is 26.7 Å². The lowest BCUT2D eigenvalue weighted by Gasteiger charge is -2.38. The highest BCUT2D eigenvalue weighted by molar-refractivity contribution is 5.94. The van der Waals surface area contributed by atoms with E-state index in [-0.39, 0.29) is 35.3 Å². The minimum Gasteiger partial charge on any atom is -0.435 e. The summed E-state index contributed by atoms with van der Waals surface area (Å²) < 4.78 is 68.2. The number of amides is 1. The summed E-state index contributed by atoms with van der Waals surface area (Å²) in [5, 5.41) is 0. The molecule has 0 aliphatic carbocycles. The van der Waals surface area contributed by atoms with Crippen LogP contribution in [-0.4, -0.2) is 47.5 Å². The highest BCUT2D eigenvalue weighted by Gasteiger charge is 2.47. The maximum atomic E-state index is 12.9. The van der Waals surface area contributed by atoms with Gasteiger partial charge < -0.3 is 9.64 Å². The van der Waals surface area contributed by atoms with Crippen molar-refractivity contribution in [2.24, 2.45) is 0 Å². The van der Waals surface area contributed by atoms with Gasteiger partial charge in [-0.3, -0.25) is 9.69 Å². The second-order valence-corrected chi connectivity index (χ2v) is 8.73. The molecule has 0 aromatic heterocycles. The number of likely N-dealkylation sites (tertiary alicyclic amines) is 2. The van der Waals surface area contributed by atoms with Crippen molar-refractivity contribution in [3.05, 3.63) is 64.2 Å². The van der Waals surface area contributed by atoms with E-state index in [0.717, 1.165) is 29.7 Å². The largest absolute Gasteiger partial charge is 0.435 e. The molecule has 33 heavy (non-hydrogen) atoms. The van der Waals surface area contributed by atoms with Gasteiger partial charge in [0.2, 0.25) is 0 Å². The molecule has 2 aliphatic heterocycles. The SMILES string of the molecule is Cc1c(OC(F)F)ccc(C(C)N2C[C@@H]3C[C@H]2CN3C(=O)c2ccc(C(F)(F)F)cc2)c1C. The molecule has 0 N–H and O–H groups in total. The van der Waals surface area contributed by atoms with Crippen LogP contribution in [0.25, 0.3) is 0 Å². The first-order chi connectivity index (χ1) is 15.5. The molecule has 4 nitrogen and oxygen atoms in total. The number of hydrogen-bond acceptors (Lipinski definition) is 3. The van der Waals surface area contributed by atoms with E-state index >= 15 is 0 Å². The number of halogens is 5. The lowest BCUT2D eigenvalue weighted by molar-refractivity contribution is -0.137. The van der Waals surface area contributed by atoms with E-state index in [1.165, 1.54) is 12.1 Å². The fourth-order valence-electron chi connectivity index (χ4n) is 5.06. The van der Waals surface area contributed by atoms with Crippen molar-refractivity contribution in [2.45, 2.75) is 58.1 Å². The summed E-state index contributed by atoms with van der Waals surface area (Å²) >= 11 is 0. The van der Waals surface area contributed by atoms with Crippen LogP contribution in [0.5, 0.6) is 5.75 Å². The van der Waals surface area contributed by atoms with Crippen LogP contribution in [0, 0.1) is 13.8 Å². The average molecular weight is 468 g/mol. The maximum Gasteiger partial charge on any atom is 0.416 e. The predicted molar refractivity (Wildman–Crippen MR) is 112 cm³/mol. The highest BCUT2D eigenvalue weighted by atomic mass is 19.4. The highest BCUT2D eigenvalue weighted by Crippen LogP contribution is 2.40. The third kappa shape index (κ3) is 4.43. The number of alkyl halides is 5.